The fourth-order valence-electron chi connectivity index (χ4n) is 1.32. The van der Waals surface area contributed by atoms with Crippen molar-refractivity contribution in [1.82, 2.24) is 0 Å². The molecular formula is C10H22O4. The lowest BCUT2D eigenvalue weighted by atomic mass is 9.95. The quantitative estimate of drug-likeness (QED) is 0.488. The normalized spacial score (nSPS) is 20.6. The molecule has 0 saturated carbocycles. The summed E-state index contributed by atoms with van der Waals surface area (Å²) in [7, 11) is 0. The summed E-state index contributed by atoms with van der Waals surface area (Å²) >= 11 is 0. The van der Waals surface area contributed by atoms with Crippen LogP contribution >= 0.6 is 0 Å². The van der Waals surface area contributed by atoms with Gasteiger partial charge < -0.3 is 20.4 Å². The Morgan fingerprint density at radius 3 is 1.64 bits per heavy atom. The van der Waals surface area contributed by atoms with Gasteiger partial charge in [0.2, 0.25) is 0 Å². The van der Waals surface area contributed by atoms with Crippen molar-refractivity contribution < 1.29 is 20.4 Å². The molecule has 0 spiro atoms. The van der Waals surface area contributed by atoms with Gasteiger partial charge in [0.15, 0.2) is 0 Å². The molecule has 4 nitrogen and oxygen atoms in total. The molecule has 14 heavy (non-hydrogen) atoms. The summed E-state index contributed by atoms with van der Waals surface area (Å²) in [5.41, 5.74) is 0. The van der Waals surface area contributed by atoms with Crippen LogP contribution in [0, 0.1) is 5.92 Å². The van der Waals surface area contributed by atoms with Gasteiger partial charge in [0.05, 0.1) is 12.2 Å². The van der Waals surface area contributed by atoms with Gasteiger partial charge in [-0.3, -0.25) is 0 Å². The average Bonchev–Trinajstić information content (AvgIpc) is 2.13. The van der Waals surface area contributed by atoms with E-state index in [2.05, 4.69) is 0 Å². The highest BCUT2D eigenvalue weighted by Crippen LogP contribution is 2.13. The molecule has 0 aromatic carbocycles. The smallest absolute Gasteiger partial charge is 0.108 e. The first kappa shape index (κ1) is 13.8. The van der Waals surface area contributed by atoms with E-state index in [4.69, 9.17) is 0 Å². The predicted octanol–water partition coefficient (Wildman–Crippen LogP) is -0.114. The van der Waals surface area contributed by atoms with Crippen molar-refractivity contribution in [3.05, 3.63) is 0 Å². The van der Waals surface area contributed by atoms with Crippen molar-refractivity contribution in [2.45, 2.75) is 58.0 Å². The molecule has 4 atom stereocenters. The molecule has 0 aliphatic heterocycles. The third kappa shape index (κ3) is 4.37. The third-order valence-corrected chi connectivity index (χ3v) is 2.27. The molecule has 0 aromatic rings. The van der Waals surface area contributed by atoms with Crippen molar-refractivity contribution in [3.8, 4) is 0 Å². The molecule has 0 fully saturated rings. The van der Waals surface area contributed by atoms with E-state index in [1.807, 2.05) is 13.8 Å². The number of hydrogen-bond acceptors (Lipinski definition) is 4. The maximum Gasteiger partial charge on any atom is 0.108 e. The Morgan fingerprint density at radius 1 is 0.857 bits per heavy atom. The lowest BCUT2D eigenvalue weighted by Gasteiger charge is -2.26. The second-order valence-corrected chi connectivity index (χ2v) is 4.15. The van der Waals surface area contributed by atoms with Crippen LogP contribution in [-0.2, 0) is 0 Å². The van der Waals surface area contributed by atoms with Crippen molar-refractivity contribution in [2.75, 3.05) is 0 Å². The Bertz CT molecular complexity index is 149. The monoisotopic (exact) mass is 206 g/mol. The Morgan fingerprint density at radius 2 is 1.29 bits per heavy atom. The van der Waals surface area contributed by atoms with Crippen molar-refractivity contribution >= 4 is 0 Å². The van der Waals surface area contributed by atoms with Crippen LogP contribution in [0.15, 0.2) is 0 Å². The summed E-state index contributed by atoms with van der Waals surface area (Å²) in [6.45, 7) is 5.53. The first-order valence-electron chi connectivity index (χ1n) is 5.12. The number of aliphatic hydroxyl groups excluding tert-OH is 4. The minimum Gasteiger partial charge on any atom is -0.390 e. The van der Waals surface area contributed by atoms with Gasteiger partial charge in [-0.1, -0.05) is 20.8 Å². The second kappa shape index (κ2) is 6.35. The fourth-order valence-corrected chi connectivity index (χ4v) is 1.32. The molecule has 0 aliphatic carbocycles. The summed E-state index contributed by atoms with van der Waals surface area (Å²) < 4.78 is 0. The van der Waals surface area contributed by atoms with E-state index in [0.29, 0.717) is 12.8 Å². The highest BCUT2D eigenvalue weighted by Gasteiger charge is 2.29. The summed E-state index contributed by atoms with van der Waals surface area (Å²) in [6, 6.07) is 0. The molecule has 86 valence electrons. The molecule has 0 amide bonds. The van der Waals surface area contributed by atoms with Crippen LogP contribution in [0.25, 0.3) is 0 Å². The Labute approximate surface area is 85.2 Å². The molecule has 0 unspecified atom stereocenters. The lowest BCUT2D eigenvalue weighted by molar-refractivity contribution is -0.109. The first-order valence-corrected chi connectivity index (χ1v) is 5.12. The zero-order valence-electron chi connectivity index (χ0n) is 9.09. The SMILES string of the molecule is CC[C@@H](O)[C@H](O)[C@H](O)[C@@H](O)CC(C)C. The van der Waals surface area contributed by atoms with E-state index in [9.17, 15) is 20.4 Å². The van der Waals surface area contributed by atoms with Crippen LogP contribution in [-0.4, -0.2) is 44.8 Å². The van der Waals surface area contributed by atoms with E-state index in [1.165, 1.54) is 0 Å². The standard InChI is InChI=1S/C10H22O4/c1-4-7(11)9(13)10(14)8(12)5-6(2)3/h6-14H,4-5H2,1-3H3/t7-,8+,9+,10-/m1/s1. The summed E-state index contributed by atoms with van der Waals surface area (Å²) in [6.07, 6.45) is -3.74. The maximum atomic E-state index is 9.48. The second-order valence-electron chi connectivity index (χ2n) is 4.15. The molecular weight excluding hydrogens is 184 g/mol. The minimum absolute atomic E-state index is 0.241. The highest BCUT2D eigenvalue weighted by atomic mass is 16.4. The maximum absolute atomic E-state index is 9.48. The third-order valence-electron chi connectivity index (χ3n) is 2.27. The van der Waals surface area contributed by atoms with Gasteiger partial charge in [0, 0.05) is 0 Å². The number of hydrogen-bond donors (Lipinski definition) is 4. The van der Waals surface area contributed by atoms with E-state index in [0.717, 1.165) is 0 Å². The summed E-state index contributed by atoms with van der Waals surface area (Å²) in [5, 5.41) is 37.6. The molecule has 4 N–H and O–H groups in total. The Kier molecular flexibility index (Phi) is 6.27. The average molecular weight is 206 g/mol. The summed E-state index contributed by atoms with van der Waals surface area (Å²) in [5.74, 6) is 0.241. The van der Waals surface area contributed by atoms with Crippen LogP contribution in [0.4, 0.5) is 0 Å². The predicted molar refractivity (Wildman–Crippen MR) is 53.8 cm³/mol. The van der Waals surface area contributed by atoms with E-state index >= 15 is 0 Å². The van der Waals surface area contributed by atoms with E-state index < -0.39 is 24.4 Å². The number of rotatable bonds is 6. The summed E-state index contributed by atoms with van der Waals surface area (Å²) in [4.78, 5) is 0. The lowest BCUT2D eigenvalue weighted by Crippen LogP contribution is -2.44. The molecule has 0 rings (SSSR count). The van der Waals surface area contributed by atoms with Crippen LogP contribution in [0.2, 0.25) is 0 Å². The van der Waals surface area contributed by atoms with Gasteiger partial charge in [-0.25, -0.2) is 0 Å². The van der Waals surface area contributed by atoms with Crippen LogP contribution < -0.4 is 0 Å². The van der Waals surface area contributed by atoms with E-state index in [1.54, 1.807) is 6.92 Å². The topological polar surface area (TPSA) is 80.9 Å². The molecule has 0 bridgehead atoms. The zero-order valence-corrected chi connectivity index (χ0v) is 9.09. The van der Waals surface area contributed by atoms with Crippen LogP contribution in [0.3, 0.4) is 0 Å². The van der Waals surface area contributed by atoms with Crippen LogP contribution in [0.1, 0.15) is 33.6 Å². The van der Waals surface area contributed by atoms with Crippen molar-refractivity contribution in [2.24, 2.45) is 5.92 Å². The fraction of sp³-hybridized carbons (Fsp3) is 1.00. The minimum atomic E-state index is -1.27. The van der Waals surface area contributed by atoms with Crippen molar-refractivity contribution in [3.63, 3.8) is 0 Å². The van der Waals surface area contributed by atoms with Crippen LogP contribution in [0.5, 0.6) is 0 Å². The Balaban J connectivity index is 4.09. The van der Waals surface area contributed by atoms with E-state index in [-0.39, 0.29) is 5.92 Å². The molecule has 0 saturated heterocycles. The largest absolute Gasteiger partial charge is 0.390 e. The van der Waals surface area contributed by atoms with Gasteiger partial charge in [0.25, 0.3) is 0 Å². The molecule has 0 aromatic heterocycles. The van der Waals surface area contributed by atoms with Gasteiger partial charge >= 0.3 is 0 Å². The van der Waals surface area contributed by atoms with Gasteiger partial charge in [-0.05, 0) is 18.8 Å². The molecule has 4 heteroatoms. The molecule has 0 heterocycles. The zero-order chi connectivity index (χ0) is 11.3. The highest BCUT2D eigenvalue weighted by molar-refractivity contribution is 4.80. The number of aliphatic hydroxyl groups is 4. The molecule has 0 radical (unpaired) electrons. The van der Waals surface area contributed by atoms with Crippen molar-refractivity contribution in [1.29, 1.82) is 0 Å². The Hall–Kier alpha value is -0.160. The van der Waals surface area contributed by atoms with Gasteiger partial charge in [-0.2, -0.15) is 0 Å². The first-order chi connectivity index (χ1) is 6.40. The van der Waals surface area contributed by atoms with Gasteiger partial charge in [0.1, 0.15) is 12.2 Å². The molecule has 0 aliphatic rings. The van der Waals surface area contributed by atoms with Gasteiger partial charge in [-0.15, -0.1) is 0 Å².